The van der Waals surface area contributed by atoms with Crippen LogP contribution >= 0.6 is 0 Å². The van der Waals surface area contributed by atoms with E-state index in [0.717, 1.165) is 0 Å². The molecule has 12 heteroatoms. The largest absolute Gasteiger partial charge is 0.402 e. The van der Waals surface area contributed by atoms with Gasteiger partial charge in [-0.2, -0.15) is 0 Å². The van der Waals surface area contributed by atoms with Gasteiger partial charge < -0.3 is 9.71 Å². The summed E-state index contributed by atoms with van der Waals surface area (Å²) in [6.45, 7) is 3.73. The van der Waals surface area contributed by atoms with Gasteiger partial charge in [0, 0.05) is 84.6 Å². The molecule has 85 valence electrons. The molecule has 0 aromatic heterocycles. The highest BCUT2D eigenvalue weighted by Crippen LogP contribution is 2.66. The second kappa shape index (κ2) is 5.65. The number of nitrogens with zero attached hydrogens (tertiary/aromatic N) is 2. The number of hydrogen-bond acceptors (Lipinski definition) is 2. The van der Waals surface area contributed by atoms with Crippen molar-refractivity contribution in [2.75, 3.05) is 7.05 Å². The van der Waals surface area contributed by atoms with E-state index in [1.54, 1.807) is 7.06 Å². The zero-order valence-electron chi connectivity index (χ0n) is 12.5. The third-order valence-corrected chi connectivity index (χ3v) is 5.26. The first kappa shape index (κ1) is 16.4. The van der Waals surface area contributed by atoms with Crippen LogP contribution in [0.2, 0.25) is 10.9 Å². The molecule has 0 bridgehead atoms. The fourth-order valence-corrected chi connectivity index (χ4v) is 3.92. The Morgan fingerprint density at radius 2 is 1.80 bits per heavy atom. The molecule has 2 aliphatic heterocycles. The first-order chi connectivity index (χ1) is 9.29. The zero-order valence-corrected chi connectivity index (χ0v) is 12.5. The van der Waals surface area contributed by atoms with E-state index in [1.807, 2.05) is 13.2 Å². The van der Waals surface area contributed by atoms with Gasteiger partial charge in [0.05, 0.1) is 6.17 Å². The van der Waals surface area contributed by atoms with Gasteiger partial charge in [0.15, 0.2) is 0 Å². The summed E-state index contributed by atoms with van der Waals surface area (Å²) in [4.78, 5) is 4.41. The van der Waals surface area contributed by atoms with E-state index in [1.165, 1.54) is 0 Å². The molecule has 2 heterocycles. The first-order valence-electron chi connectivity index (χ1n) is 7.05. The van der Waals surface area contributed by atoms with Crippen LogP contribution in [0.25, 0.3) is 0 Å². The van der Waals surface area contributed by atoms with Crippen LogP contribution in [0.5, 0.6) is 0 Å². The molecule has 0 aliphatic carbocycles. The SMILES string of the molecule is [B][B]B(B([B])[B])C1(B([B])[B])B(N2C=CN(C)[C@@H]2C)[C@@H]1C. The Bertz CT molecular complexity index is 391. The highest BCUT2D eigenvalue weighted by Gasteiger charge is 2.71. The molecule has 0 saturated carbocycles. The van der Waals surface area contributed by atoms with Gasteiger partial charge >= 0.3 is 0 Å². The van der Waals surface area contributed by atoms with Gasteiger partial charge in [-0.15, -0.1) is 5.11 Å². The maximum absolute atomic E-state index is 6.10. The van der Waals surface area contributed by atoms with Crippen molar-refractivity contribution in [1.82, 2.24) is 9.71 Å². The Hall–Kier alpha value is -0.0106. The van der Waals surface area contributed by atoms with Gasteiger partial charge in [0.2, 0.25) is 6.85 Å². The summed E-state index contributed by atoms with van der Waals surface area (Å²) >= 11 is 0. The molecular formula is C8H13B10N2. The quantitative estimate of drug-likeness (QED) is 0.506. The van der Waals surface area contributed by atoms with E-state index in [0.29, 0.717) is 0 Å². The summed E-state index contributed by atoms with van der Waals surface area (Å²) in [5, 5.41) is -0.382. The third kappa shape index (κ3) is 2.16. The molecule has 0 N–H and O–H groups in total. The predicted octanol–water partition coefficient (Wildman–Crippen LogP) is -2.23. The van der Waals surface area contributed by atoms with Crippen molar-refractivity contribution in [3.63, 3.8) is 0 Å². The molecule has 0 aromatic carbocycles. The van der Waals surface area contributed by atoms with Crippen molar-refractivity contribution in [2.24, 2.45) is 0 Å². The topological polar surface area (TPSA) is 6.48 Å². The van der Waals surface area contributed by atoms with Crippen molar-refractivity contribution >= 4 is 72.0 Å². The van der Waals surface area contributed by atoms with Gasteiger partial charge in [0.25, 0.3) is 0 Å². The molecule has 3 atom stereocenters. The van der Waals surface area contributed by atoms with E-state index in [-0.39, 0.29) is 30.4 Å². The lowest BCUT2D eigenvalue weighted by Crippen LogP contribution is -2.57. The molecule has 1 saturated heterocycles. The van der Waals surface area contributed by atoms with Crippen LogP contribution in [0.4, 0.5) is 0 Å². The Kier molecular flexibility index (Phi) is 4.62. The van der Waals surface area contributed by atoms with Crippen LogP contribution in [0, 0.1) is 0 Å². The molecule has 0 aromatic rings. The minimum atomic E-state index is -0.568. The van der Waals surface area contributed by atoms with Crippen molar-refractivity contribution in [3.05, 3.63) is 12.4 Å². The third-order valence-electron chi connectivity index (χ3n) is 5.26. The van der Waals surface area contributed by atoms with Crippen molar-refractivity contribution in [3.8, 4) is 0 Å². The second-order valence-corrected chi connectivity index (χ2v) is 6.10. The van der Waals surface area contributed by atoms with E-state index in [2.05, 4.69) is 29.8 Å². The maximum atomic E-state index is 6.10. The molecule has 0 spiro atoms. The normalized spacial score (nSPS) is 31.4. The molecule has 0 amide bonds. The molecule has 2 aliphatic rings. The molecule has 1 unspecified atom stereocenters. The van der Waals surface area contributed by atoms with Crippen LogP contribution in [0.3, 0.4) is 0 Å². The van der Waals surface area contributed by atoms with Crippen LogP contribution < -0.4 is 0 Å². The predicted molar refractivity (Wildman–Crippen MR) is 97.9 cm³/mol. The smallest absolute Gasteiger partial charge is 0.246 e. The summed E-state index contributed by atoms with van der Waals surface area (Å²) in [6.07, 6.45) is 3.81. The van der Waals surface area contributed by atoms with E-state index < -0.39 is 12.9 Å². The fraction of sp³-hybridized carbons (Fsp3) is 0.750. The Balaban J connectivity index is 2.30. The Morgan fingerprint density at radius 1 is 1.20 bits per heavy atom. The highest BCUT2D eigenvalue weighted by molar-refractivity contribution is 7.76. The fourth-order valence-electron chi connectivity index (χ4n) is 3.92. The van der Waals surface area contributed by atoms with Gasteiger partial charge in [-0.05, 0) is 6.92 Å². The standard InChI is InChI=1S/C8H13B10N2/c1-6-8(16(10)11,17(14-9)18(12)13)15(6)20-5-4-19(3)7(20)2/h4-7H,1-3H3/t6-,7+,8?/m1/s1. The Labute approximate surface area is 132 Å². The van der Waals surface area contributed by atoms with Crippen molar-refractivity contribution < 1.29 is 0 Å². The molecule has 2 nitrogen and oxygen atoms in total. The molecule has 11 radical (unpaired) electrons. The summed E-state index contributed by atoms with van der Waals surface area (Å²) in [5.41, 5.74) is 0. The lowest BCUT2D eigenvalue weighted by molar-refractivity contribution is 0.275. The molecular weight excluding hydrogens is 232 g/mol. The average Bonchev–Trinajstić information content (AvgIpc) is 2.83. The minimum absolute atomic E-state index is 0.193. The molecule has 2 rings (SSSR count). The average molecular weight is 245 g/mol. The highest BCUT2D eigenvalue weighted by atomic mass is 15.3. The number of rotatable bonds is 5. The molecule has 1 fully saturated rings. The van der Waals surface area contributed by atoms with Crippen LogP contribution in [0.1, 0.15) is 13.8 Å². The van der Waals surface area contributed by atoms with Crippen molar-refractivity contribution in [1.29, 1.82) is 0 Å². The van der Waals surface area contributed by atoms with Gasteiger partial charge in [-0.3, -0.25) is 0 Å². The van der Waals surface area contributed by atoms with Crippen molar-refractivity contribution in [2.45, 2.75) is 30.9 Å². The van der Waals surface area contributed by atoms with E-state index >= 15 is 0 Å². The lowest BCUT2D eigenvalue weighted by atomic mass is 8.73. The minimum Gasteiger partial charge on any atom is -0.402 e. The van der Waals surface area contributed by atoms with Crippen LogP contribution in [-0.4, -0.2) is 94.9 Å². The molecule has 20 heavy (non-hydrogen) atoms. The second-order valence-electron chi connectivity index (χ2n) is 6.10. The Morgan fingerprint density at radius 3 is 2.15 bits per heavy atom. The van der Waals surface area contributed by atoms with Gasteiger partial charge in [0.1, 0.15) is 0 Å². The summed E-state index contributed by atoms with van der Waals surface area (Å²) in [6, 6.07) is 0. The van der Waals surface area contributed by atoms with Gasteiger partial charge in [-0.1, -0.05) is 12.7 Å². The zero-order chi connectivity index (χ0) is 15.2. The lowest BCUT2D eigenvalue weighted by Gasteiger charge is -2.36. The summed E-state index contributed by atoms with van der Waals surface area (Å²) in [7, 11) is 33.4. The summed E-state index contributed by atoms with van der Waals surface area (Å²) < 4.78 is 0. The van der Waals surface area contributed by atoms with Crippen LogP contribution in [-0.2, 0) is 0 Å². The summed E-state index contributed by atoms with van der Waals surface area (Å²) in [5.74, 6) is 0.278. The van der Waals surface area contributed by atoms with E-state index in [4.69, 9.17) is 38.7 Å². The monoisotopic (exact) mass is 247 g/mol. The maximum Gasteiger partial charge on any atom is 0.246 e. The number of hydrogen-bond donors (Lipinski definition) is 0. The van der Waals surface area contributed by atoms with Crippen LogP contribution in [0.15, 0.2) is 12.4 Å². The van der Waals surface area contributed by atoms with E-state index in [9.17, 15) is 0 Å². The first-order valence-corrected chi connectivity index (χ1v) is 7.05. The van der Waals surface area contributed by atoms with Gasteiger partial charge in [-0.25, -0.2) is 0 Å².